The zero-order valence-corrected chi connectivity index (χ0v) is 29.2. The van der Waals surface area contributed by atoms with E-state index in [1.165, 1.54) is 10.9 Å². The molecule has 0 spiro atoms. The molecule has 2 aromatic carbocycles. The van der Waals surface area contributed by atoms with Crippen molar-refractivity contribution >= 4 is 36.5 Å². The van der Waals surface area contributed by atoms with Gasteiger partial charge in [0, 0.05) is 48.6 Å². The minimum atomic E-state index is -1.90. The molecule has 0 saturated heterocycles. The number of benzene rings is 2. The molecule has 240 valence electrons. The Labute approximate surface area is 274 Å². The summed E-state index contributed by atoms with van der Waals surface area (Å²) >= 11 is 0. The number of phenolic OH excluding ortho intramolecular Hbond substituents is 1. The molecule has 9 nitrogen and oxygen atoms in total. The Balaban J connectivity index is 1.50. The van der Waals surface area contributed by atoms with Gasteiger partial charge in [0.25, 0.3) is 11.8 Å². The van der Waals surface area contributed by atoms with Gasteiger partial charge in [0.15, 0.2) is 8.32 Å². The highest BCUT2D eigenvalue weighted by Gasteiger charge is 2.36. The molecular formula is C35H41N5O4SSi. The number of aryl methyl sites for hydroxylation is 2. The first-order valence-corrected chi connectivity index (χ1v) is 19.3. The number of pyridine rings is 1. The molecule has 2 amide bonds. The smallest absolute Gasteiger partial charge is 0.284 e. The van der Waals surface area contributed by atoms with Gasteiger partial charge in [-0.05, 0) is 73.9 Å². The van der Waals surface area contributed by atoms with Crippen molar-refractivity contribution in [2.45, 2.75) is 57.1 Å². The van der Waals surface area contributed by atoms with E-state index in [2.05, 4.69) is 65.5 Å². The summed E-state index contributed by atoms with van der Waals surface area (Å²) in [6, 6.07) is 17.6. The highest BCUT2D eigenvalue weighted by Crippen LogP contribution is 2.36. The molecule has 4 aromatic rings. The van der Waals surface area contributed by atoms with E-state index in [0.29, 0.717) is 51.7 Å². The fraction of sp³-hybridized carbons (Fsp3) is 0.314. The summed E-state index contributed by atoms with van der Waals surface area (Å²) < 4.78 is 12.4. The number of rotatable bonds is 9. The first kappa shape index (κ1) is 34.5. The SMILES string of the molecule is Cc1cc(C(=O)Nc2cccc(C#Cc3cncc(C(=O)N=[S@@](CCCO[Si](C)(C)C(C)(C)C)c4ccccc4O)c3)c2)n(C)n1. The number of hydrogen-bond donors (Lipinski definition) is 2. The molecule has 0 fully saturated rings. The summed E-state index contributed by atoms with van der Waals surface area (Å²) in [5.41, 5.74) is 3.35. The lowest BCUT2D eigenvalue weighted by molar-refractivity contribution is 0.1000. The van der Waals surface area contributed by atoms with Crippen LogP contribution in [0, 0.1) is 18.8 Å². The fourth-order valence-electron chi connectivity index (χ4n) is 4.22. The van der Waals surface area contributed by atoms with Crippen molar-refractivity contribution in [3.8, 4) is 17.6 Å². The number of anilines is 1. The molecule has 0 saturated carbocycles. The summed E-state index contributed by atoms with van der Waals surface area (Å²) in [6.45, 7) is 13.4. The lowest BCUT2D eigenvalue weighted by Crippen LogP contribution is -2.41. The van der Waals surface area contributed by atoms with Crippen LogP contribution in [0.3, 0.4) is 0 Å². The zero-order chi connectivity index (χ0) is 33.5. The molecule has 46 heavy (non-hydrogen) atoms. The van der Waals surface area contributed by atoms with Crippen LogP contribution in [0.15, 0.2) is 82.3 Å². The first-order chi connectivity index (χ1) is 21.7. The Kier molecular flexibility index (Phi) is 11.1. The third kappa shape index (κ3) is 9.10. The average molecular weight is 656 g/mol. The van der Waals surface area contributed by atoms with Crippen LogP contribution in [0.25, 0.3) is 0 Å². The van der Waals surface area contributed by atoms with E-state index in [-0.39, 0.29) is 16.7 Å². The zero-order valence-electron chi connectivity index (χ0n) is 27.4. The van der Waals surface area contributed by atoms with Crippen LogP contribution in [0.1, 0.15) is 64.9 Å². The number of carbonyl (C=O) groups excluding carboxylic acids is 2. The van der Waals surface area contributed by atoms with Crippen LogP contribution in [-0.4, -0.2) is 52.4 Å². The predicted octanol–water partition coefficient (Wildman–Crippen LogP) is 6.89. The van der Waals surface area contributed by atoms with Crippen molar-refractivity contribution in [1.82, 2.24) is 14.8 Å². The van der Waals surface area contributed by atoms with Crippen molar-refractivity contribution in [3.05, 3.63) is 101 Å². The first-order valence-electron chi connectivity index (χ1n) is 15.0. The van der Waals surface area contributed by atoms with E-state index in [1.54, 1.807) is 55.7 Å². The Morgan fingerprint density at radius 2 is 1.78 bits per heavy atom. The van der Waals surface area contributed by atoms with Crippen LogP contribution < -0.4 is 5.32 Å². The standard InChI is InChI=1S/C35H41N5O4SSi/c1-25-20-30(40(5)38-25)34(43)37-29-13-10-12-26(22-29)16-17-27-21-28(24-36-23-27)33(42)39-45(32-15-9-8-14-31(32)41)19-11-18-44-46(6,7)35(2,3)4/h8-10,12-15,20-24,41H,11,18-19H2,1-7H3,(H,37,43)/t45-/m0/s1. The van der Waals surface area contributed by atoms with Crippen molar-refractivity contribution in [3.63, 3.8) is 0 Å². The van der Waals surface area contributed by atoms with Gasteiger partial charge in [-0.15, -0.1) is 0 Å². The van der Waals surface area contributed by atoms with Gasteiger partial charge in [-0.1, -0.05) is 61.5 Å². The van der Waals surface area contributed by atoms with E-state index < -0.39 is 24.9 Å². The number of nitrogens with one attached hydrogen (secondary N) is 1. The maximum absolute atomic E-state index is 13.4. The number of amides is 2. The second-order valence-electron chi connectivity index (χ2n) is 12.4. The molecule has 11 heteroatoms. The topological polar surface area (TPSA) is 119 Å². The monoisotopic (exact) mass is 655 g/mol. The predicted molar refractivity (Wildman–Crippen MR) is 186 cm³/mol. The van der Waals surface area contributed by atoms with E-state index in [9.17, 15) is 14.7 Å². The van der Waals surface area contributed by atoms with Gasteiger partial charge in [-0.2, -0.15) is 9.46 Å². The third-order valence-corrected chi connectivity index (χ3v) is 14.2. The van der Waals surface area contributed by atoms with Gasteiger partial charge in [0.2, 0.25) is 0 Å². The van der Waals surface area contributed by atoms with Crippen LogP contribution in [0.2, 0.25) is 18.1 Å². The lowest BCUT2D eigenvalue weighted by Gasteiger charge is -2.36. The molecule has 0 aliphatic carbocycles. The minimum Gasteiger partial charge on any atom is -0.507 e. The summed E-state index contributed by atoms with van der Waals surface area (Å²) in [5, 5.41) is 17.8. The summed E-state index contributed by atoms with van der Waals surface area (Å²) in [7, 11) is -1.06. The van der Waals surface area contributed by atoms with Crippen LogP contribution >= 0.6 is 0 Å². The second-order valence-corrected chi connectivity index (χ2v) is 19.0. The van der Waals surface area contributed by atoms with E-state index in [4.69, 9.17) is 4.43 Å². The summed E-state index contributed by atoms with van der Waals surface area (Å²) in [4.78, 5) is 30.9. The highest BCUT2D eigenvalue weighted by atomic mass is 32.2. The fourth-order valence-corrected chi connectivity index (χ4v) is 6.96. The van der Waals surface area contributed by atoms with Crippen molar-refractivity contribution in [2.24, 2.45) is 11.4 Å². The van der Waals surface area contributed by atoms with Gasteiger partial charge >= 0.3 is 0 Å². The Morgan fingerprint density at radius 3 is 2.48 bits per heavy atom. The number of para-hydroxylation sites is 1. The number of phenols is 1. The van der Waals surface area contributed by atoms with Gasteiger partial charge in [0.05, 0.1) is 16.2 Å². The molecule has 4 rings (SSSR count). The number of hydrogen-bond acceptors (Lipinski definition) is 6. The Bertz CT molecular complexity index is 1830. The molecule has 2 aromatic heterocycles. The lowest BCUT2D eigenvalue weighted by atomic mass is 10.1. The highest BCUT2D eigenvalue weighted by molar-refractivity contribution is 7.87. The molecule has 1 atom stereocenters. The van der Waals surface area contributed by atoms with Crippen LogP contribution in [0.4, 0.5) is 5.69 Å². The maximum Gasteiger partial charge on any atom is 0.284 e. The Morgan fingerprint density at radius 1 is 1.04 bits per heavy atom. The summed E-state index contributed by atoms with van der Waals surface area (Å²) in [6.07, 6.45) is 3.76. The number of carbonyl (C=O) groups is 2. The molecular weight excluding hydrogens is 615 g/mol. The third-order valence-electron chi connectivity index (χ3n) is 7.75. The van der Waals surface area contributed by atoms with Crippen molar-refractivity contribution in [2.75, 3.05) is 17.7 Å². The molecule has 2 heterocycles. The molecule has 2 N–H and O–H groups in total. The van der Waals surface area contributed by atoms with Crippen LogP contribution in [-0.2, 0) is 22.2 Å². The molecule has 0 bridgehead atoms. The minimum absolute atomic E-state index is 0.103. The van der Waals surface area contributed by atoms with Gasteiger partial charge < -0.3 is 14.8 Å². The Hall–Kier alpha value is -4.37. The van der Waals surface area contributed by atoms with Crippen molar-refractivity contribution in [1.29, 1.82) is 0 Å². The van der Waals surface area contributed by atoms with Crippen LogP contribution in [0.5, 0.6) is 5.75 Å². The average Bonchev–Trinajstić information content (AvgIpc) is 3.35. The number of nitrogens with zero attached hydrogens (tertiary/aromatic N) is 4. The van der Waals surface area contributed by atoms with Gasteiger partial charge in [-0.3, -0.25) is 19.3 Å². The van der Waals surface area contributed by atoms with E-state index >= 15 is 0 Å². The summed E-state index contributed by atoms with van der Waals surface area (Å²) in [5.74, 6) is 6.13. The van der Waals surface area contributed by atoms with E-state index in [1.807, 2.05) is 25.1 Å². The number of aromatic nitrogens is 3. The number of aromatic hydroxyl groups is 1. The van der Waals surface area contributed by atoms with E-state index in [0.717, 1.165) is 5.69 Å². The molecule has 0 aliphatic heterocycles. The normalized spacial score (nSPS) is 12.3. The maximum atomic E-state index is 13.4. The quantitative estimate of drug-likeness (QED) is 0.115. The molecule has 0 unspecified atom stereocenters. The molecule has 0 radical (unpaired) electrons. The van der Waals surface area contributed by atoms with Gasteiger partial charge in [-0.25, -0.2) is 0 Å². The molecule has 0 aliphatic rings. The second kappa shape index (κ2) is 14.8. The van der Waals surface area contributed by atoms with Gasteiger partial charge in [0.1, 0.15) is 11.4 Å². The largest absolute Gasteiger partial charge is 0.507 e. The van der Waals surface area contributed by atoms with Crippen molar-refractivity contribution < 1.29 is 19.1 Å².